The molecule has 1 aliphatic heterocycles. The smallest absolute Gasteiger partial charge is 0.303 e. The number of carboxylic acids is 1. The van der Waals surface area contributed by atoms with Crippen LogP contribution in [0.25, 0.3) is 22.6 Å². The molecule has 2 N–H and O–H groups in total. The molecule has 3 aromatic rings. The predicted molar refractivity (Wildman–Crippen MR) is 113 cm³/mol. The lowest BCUT2D eigenvalue weighted by Gasteiger charge is -2.36. The first-order chi connectivity index (χ1) is 14.0. The van der Waals surface area contributed by atoms with E-state index in [1.165, 1.54) is 5.69 Å². The molecule has 0 aliphatic carbocycles. The van der Waals surface area contributed by atoms with E-state index in [4.69, 9.17) is 10.1 Å². The molecule has 0 radical (unpaired) electrons. The largest absolute Gasteiger partial charge is 0.481 e. The fourth-order valence-electron chi connectivity index (χ4n) is 3.85. The van der Waals surface area contributed by atoms with Crippen molar-refractivity contribution in [3.63, 3.8) is 0 Å². The third-order valence-electron chi connectivity index (χ3n) is 5.47. The van der Waals surface area contributed by atoms with E-state index in [2.05, 4.69) is 58.0 Å². The first kappa shape index (κ1) is 19.4. The van der Waals surface area contributed by atoms with Crippen molar-refractivity contribution in [2.75, 3.05) is 37.6 Å². The van der Waals surface area contributed by atoms with Crippen molar-refractivity contribution >= 4 is 22.8 Å². The number of aliphatic carboxylic acids is 1. The summed E-state index contributed by atoms with van der Waals surface area (Å²) < 4.78 is 1.93. The van der Waals surface area contributed by atoms with Crippen LogP contribution in [0.1, 0.15) is 32.7 Å². The number of aromatic amines is 1. The topological polar surface area (TPSA) is 90.3 Å². The number of fused-ring (bicyclic) bond motifs is 1. The van der Waals surface area contributed by atoms with Gasteiger partial charge in [-0.2, -0.15) is 5.10 Å². The van der Waals surface area contributed by atoms with Crippen molar-refractivity contribution in [2.45, 2.75) is 32.7 Å². The fourth-order valence-corrected chi connectivity index (χ4v) is 3.85. The number of carbonyl (C=O) groups is 1. The maximum Gasteiger partial charge on any atom is 0.303 e. The first-order valence-corrected chi connectivity index (χ1v) is 10.2. The number of benzene rings is 1. The molecule has 4 rings (SSSR count). The van der Waals surface area contributed by atoms with E-state index in [0.29, 0.717) is 0 Å². The van der Waals surface area contributed by atoms with Gasteiger partial charge in [0.05, 0.1) is 6.20 Å². The molecule has 8 nitrogen and oxygen atoms in total. The Labute approximate surface area is 170 Å². The minimum atomic E-state index is -0.713. The summed E-state index contributed by atoms with van der Waals surface area (Å²) in [5, 5.41) is 13.1. The van der Waals surface area contributed by atoms with Gasteiger partial charge >= 0.3 is 5.97 Å². The maximum atomic E-state index is 10.7. The average molecular weight is 396 g/mol. The summed E-state index contributed by atoms with van der Waals surface area (Å²) in [5.74, 6) is 0.149. The Balaban J connectivity index is 1.38. The van der Waals surface area contributed by atoms with Crippen molar-refractivity contribution < 1.29 is 9.90 Å². The van der Waals surface area contributed by atoms with Crippen LogP contribution in [0.5, 0.6) is 0 Å². The highest BCUT2D eigenvalue weighted by molar-refractivity contribution is 5.76. The first-order valence-electron chi connectivity index (χ1n) is 10.2. The molecule has 29 heavy (non-hydrogen) atoms. The van der Waals surface area contributed by atoms with E-state index in [1.807, 2.05) is 10.9 Å². The average Bonchev–Trinajstić information content (AvgIpc) is 3.29. The molecule has 1 fully saturated rings. The maximum absolute atomic E-state index is 10.7. The van der Waals surface area contributed by atoms with Crippen molar-refractivity contribution in [3.05, 3.63) is 30.5 Å². The molecule has 0 bridgehead atoms. The number of rotatable bonds is 7. The third-order valence-corrected chi connectivity index (χ3v) is 5.47. The molecule has 1 saturated heterocycles. The Morgan fingerprint density at radius 2 is 1.90 bits per heavy atom. The lowest BCUT2D eigenvalue weighted by Crippen LogP contribution is -2.46. The van der Waals surface area contributed by atoms with Crippen molar-refractivity contribution in [1.82, 2.24) is 24.6 Å². The highest BCUT2D eigenvalue weighted by atomic mass is 16.4. The summed E-state index contributed by atoms with van der Waals surface area (Å²) in [6, 6.07) is 8.79. The molecule has 8 heteroatoms. The van der Waals surface area contributed by atoms with Crippen LogP contribution in [0, 0.1) is 0 Å². The number of nitrogens with one attached hydrogen (secondary N) is 1. The van der Waals surface area contributed by atoms with Gasteiger partial charge in [-0.05, 0) is 51.1 Å². The number of imidazole rings is 1. The summed E-state index contributed by atoms with van der Waals surface area (Å²) in [6.07, 6.45) is 2.80. The van der Waals surface area contributed by atoms with E-state index in [0.717, 1.165) is 61.7 Å². The normalized spacial score (nSPS) is 15.5. The number of hydrogen-bond acceptors (Lipinski definition) is 5. The van der Waals surface area contributed by atoms with Gasteiger partial charge in [0.25, 0.3) is 0 Å². The van der Waals surface area contributed by atoms with E-state index >= 15 is 0 Å². The summed E-state index contributed by atoms with van der Waals surface area (Å²) in [6.45, 7) is 8.91. The Kier molecular flexibility index (Phi) is 5.53. The molecule has 0 saturated carbocycles. The Bertz CT molecular complexity index is 967. The molecule has 0 amide bonds. The lowest BCUT2D eigenvalue weighted by atomic mass is 10.1. The Hall–Kier alpha value is -2.87. The van der Waals surface area contributed by atoms with Gasteiger partial charge in [0.1, 0.15) is 11.3 Å². The summed E-state index contributed by atoms with van der Waals surface area (Å²) in [4.78, 5) is 23.5. The molecular weight excluding hydrogens is 368 g/mol. The van der Waals surface area contributed by atoms with E-state index in [1.54, 1.807) is 0 Å². The van der Waals surface area contributed by atoms with E-state index in [9.17, 15) is 4.79 Å². The second-order valence-electron chi connectivity index (χ2n) is 7.88. The van der Waals surface area contributed by atoms with Gasteiger partial charge in [0, 0.05) is 49.9 Å². The fraction of sp³-hybridized carbons (Fsp3) is 0.476. The minimum Gasteiger partial charge on any atom is -0.481 e. The van der Waals surface area contributed by atoms with Gasteiger partial charge in [-0.15, -0.1) is 0 Å². The highest BCUT2D eigenvalue weighted by Crippen LogP contribution is 2.25. The van der Waals surface area contributed by atoms with Crippen molar-refractivity contribution in [1.29, 1.82) is 0 Å². The standard InChI is InChI=1S/C21H28N6O2/c1-15(2)27-21-18(14-22-27)23-20(24-21)16-5-7-17(8-6-16)26-12-10-25(11-13-26)9-3-4-19(28)29/h5-8,14-15H,3-4,9-13H2,1-2H3,(H,23,24)(H,28,29). The molecule has 0 spiro atoms. The molecule has 0 unspecified atom stereocenters. The zero-order chi connectivity index (χ0) is 20.4. The SMILES string of the molecule is CC(C)n1ncc2[nH]c(-c3ccc(N4CCN(CCCC(=O)O)CC4)cc3)nc21. The van der Waals surface area contributed by atoms with Crippen LogP contribution in [0.4, 0.5) is 5.69 Å². The Morgan fingerprint density at radius 3 is 2.55 bits per heavy atom. The van der Waals surface area contributed by atoms with Crippen LogP contribution in [-0.2, 0) is 4.79 Å². The van der Waals surface area contributed by atoms with Crippen LogP contribution >= 0.6 is 0 Å². The molecule has 1 aliphatic rings. The van der Waals surface area contributed by atoms with E-state index in [-0.39, 0.29) is 12.5 Å². The zero-order valence-corrected chi connectivity index (χ0v) is 17.0. The molecule has 2 aromatic heterocycles. The monoisotopic (exact) mass is 396 g/mol. The predicted octanol–water partition coefficient (Wildman–Crippen LogP) is 2.99. The van der Waals surface area contributed by atoms with Gasteiger partial charge in [0.15, 0.2) is 5.65 Å². The number of hydrogen-bond donors (Lipinski definition) is 2. The summed E-state index contributed by atoms with van der Waals surface area (Å²) in [7, 11) is 0. The number of carboxylic acid groups (broad SMARTS) is 1. The van der Waals surface area contributed by atoms with Gasteiger partial charge in [0.2, 0.25) is 0 Å². The van der Waals surface area contributed by atoms with Crippen LogP contribution in [0.2, 0.25) is 0 Å². The van der Waals surface area contributed by atoms with E-state index < -0.39 is 5.97 Å². The second-order valence-corrected chi connectivity index (χ2v) is 7.88. The molecule has 154 valence electrons. The second kappa shape index (κ2) is 8.24. The van der Waals surface area contributed by atoms with Gasteiger partial charge in [-0.3, -0.25) is 9.69 Å². The molecular formula is C21H28N6O2. The van der Waals surface area contributed by atoms with Crippen LogP contribution < -0.4 is 4.90 Å². The molecule has 1 aromatic carbocycles. The lowest BCUT2D eigenvalue weighted by molar-refractivity contribution is -0.137. The summed E-state index contributed by atoms with van der Waals surface area (Å²) >= 11 is 0. The summed E-state index contributed by atoms with van der Waals surface area (Å²) in [5.41, 5.74) is 4.12. The van der Waals surface area contributed by atoms with Crippen LogP contribution in [0.3, 0.4) is 0 Å². The Morgan fingerprint density at radius 1 is 1.17 bits per heavy atom. The third kappa shape index (κ3) is 4.27. The number of piperazine rings is 1. The van der Waals surface area contributed by atoms with Gasteiger partial charge in [-0.1, -0.05) is 0 Å². The zero-order valence-electron chi connectivity index (χ0n) is 17.0. The quantitative estimate of drug-likeness (QED) is 0.638. The number of anilines is 1. The number of nitrogens with zero attached hydrogens (tertiary/aromatic N) is 5. The van der Waals surface area contributed by atoms with Gasteiger partial charge < -0.3 is 15.0 Å². The number of aromatic nitrogens is 4. The molecule has 0 atom stereocenters. The van der Waals surface area contributed by atoms with Crippen molar-refractivity contribution in [3.8, 4) is 11.4 Å². The number of H-pyrrole nitrogens is 1. The van der Waals surface area contributed by atoms with Gasteiger partial charge in [-0.25, -0.2) is 9.67 Å². The molecule has 3 heterocycles. The van der Waals surface area contributed by atoms with Crippen LogP contribution in [0.15, 0.2) is 30.5 Å². The van der Waals surface area contributed by atoms with Crippen LogP contribution in [-0.4, -0.2) is 68.4 Å². The minimum absolute atomic E-state index is 0.249. The highest BCUT2D eigenvalue weighted by Gasteiger charge is 2.18. The van der Waals surface area contributed by atoms with Crippen molar-refractivity contribution in [2.24, 2.45) is 0 Å².